The van der Waals surface area contributed by atoms with Gasteiger partial charge in [0.05, 0.1) is 102 Å². The van der Waals surface area contributed by atoms with Crippen LogP contribution in [-0.4, -0.2) is 263 Å². The number of hydrogen-bond donors (Lipinski definition) is 15. The summed E-state index contributed by atoms with van der Waals surface area (Å²) in [6.45, 7) is -26.9. The zero-order valence-electron chi connectivity index (χ0n) is 67.8. The molecule has 10 aromatic rings. The van der Waals surface area contributed by atoms with Crippen molar-refractivity contribution >= 4 is 179 Å². The number of nitrogen functional groups attached to an aromatic ring is 4. The van der Waals surface area contributed by atoms with Crippen LogP contribution in [0.25, 0.3) is 44.7 Å². The number of aromatic amines is 4. The number of H-pyrrole nitrogens is 4. The van der Waals surface area contributed by atoms with Crippen LogP contribution in [0.4, 0.5) is 23.5 Å². The summed E-state index contributed by atoms with van der Waals surface area (Å²) in [4.78, 5) is 200. The average molecular weight is 2060 g/mol. The highest BCUT2D eigenvalue weighted by atomic mass is 32.5. The summed E-state index contributed by atoms with van der Waals surface area (Å²) >= 11 is 33.4. The molecule has 2 bridgehead atoms. The van der Waals surface area contributed by atoms with Gasteiger partial charge in [0.15, 0.2) is 51.5 Å². The van der Waals surface area contributed by atoms with Crippen LogP contribution < -0.4 is 56.6 Å². The van der Waals surface area contributed by atoms with Crippen LogP contribution in [0, 0.1) is 13.8 Å². The zero-order chi connectivity index (χ0) is 93.3. The summed E-state index contributed by atoms with van der Waals surface area (Å²) in [5.74, 6) is -0.508. The van der Waals surface area contributed by atoms with Crippen molar-refractivity contribution in [1.29, 1.82) is 0 Å². The number of anilines is 4. The molecule has 56 nitrogen and oxygen atoms in total. The molecular formula is C63H80N24O32P6S6. The molecule has 17 heterocycles. The maximum Gasteiger partial charge on any atom is 0.330 e. The molecule has 0 radical (unpaired) electrons. The summed E-state index contributed by atoms with van der Waals surface area (Å²) in [6.07, 6.45) is -15.5. The number of hydrogen-bond acceptors (Lipinski definition) is 46. The lowest BCUT2D eigenvalue weighted by Gasteiger charge is -2.35. The van der Waals surface area contributed by atoms with Crippen LogP contribution in [0.5, 0.6) is 0 Å². The second-order valence-electron chi connectivity index (χ2n) is 30.6. The second-order valence-corrected chi connectivity index (χ2v) is 47.4. The number of ether oxygens (including phenoxy) is 7. The van der Waals surface area contributed by atoms with Crippen molar-refractivity contribution in [2.75, 3.05) is 69.7 Å². The molecule has 0 saturated carbocycles. The fourth-order valence-corrected chi connectivity index (χ4v) is 24.3. The lowest BCUT2D eigenvalue weighted by atomic mass is 9.94. The second kappa shape index (κ2) is 37.3. The Balaban J connectivity index is 0.596. The Labute approximate surface area is 762 Å². The summed E-state index contributed by atoms with van der Waals surface area (Å²) in [5.41, 5.74) is 18.5. The molecule has 10 aromatic heterocycles. The Kier molecular flexibility index (Phi) is 27.3. The van der Waals surface area contributed by atoms with E-state index in [2.05, 4.69) is 69.8 Å². The van der Waals surface area contributed by atoms with E-state index in [0.29, 0.717) is 0 Å². The molecule has 7 aliphatic rings. The minimum Gasteiger partial charge on any atom is -0.393 e. The van der Waals surface area contributed by atoms with E-state index in [1.807, 2.05) is 0 Å². The number of nitrogens with zero attached hydrogens (tertiary/aromatic N) is 16. The lowest BCUT2D eigenvalue weighted by molar-refractivity contribution is -0.216. The van der Waals surface area contributed by atoms with E-state index >= 15 is 0 Å². The fraction of sp³-hybridized carbons (Fsp3) is 0.556. The molecule has 0 aliphatic carbocycles. The van der Waals surface area contributed by atoms with Crippen molar-refractivity contribution in [3.63, 3.8) is 0 Å². The van der Waals surface area contributed by atoms with Gasteiger partial charge in [0, 0.05) is 62.7 Å². The Morgan fingerprint density at radius 2 is 0.748 bits per heavy atom. The summed E-state index contributed by atoms with van der Waals surface area (Å²) in [7, 11) is 1.10. The third-order valence-electron chi connectivity index (χ3n) is 22.2. The van der Waals surface area contributed by atoms with Crippen molar-refractivity contribution in [2.45, 2.75) is 175 Å². The highest BCUT2D eigenvalue weighted by Crippen LogP contribution is 2.60. The first-order valence-electron chi connectivity index (χ1n) is 38.9. The third kappa shape index (κ3) is 20.1. The number of rotatable bonds is 35. The molecule has 68 heteroatoms. The van der Waals surface area contributed by atoms with Crippen LogP contribution >= 0.6 is 40.3 Å². The standard InChI is InChI=1S/C63H80N24O32P6S6/c1-24-10-82(61(93)80-54(24)89)37-5-27(114-120(95,126)101-4)32(108-37)12-102-122(97,128)117-30-8-40(85-21-74-44-52(85)76-59(66)78-56(44)91)111-34(30)14-104-121(96,127)115-28-6-38(83-11-25(2)55(90)81-62(83)94)109-33(28)13-103-123(98,129)118-31-9-41(86-22-75-45-53(86)77-60(67)79-57(45)92)112-35(31)15-105-124(99,130)116-29-7-39(84-20-72-42-48(64)68-18-70-50(42)84)110-36(29)16-106-125(100,131)119-47-46-58(113-63(47,17-88)26(3)107-46)87-23-73-43-49(65)69-19-71-51(43)87/h10-11,18-23,26-41,46-47,58,88H,5-9,12-17H2,1-4H3,(H,95,126)(H,96,127)(H,97,128)(H,98,129)(H,99,130)(H,100,131)(H2,64,68,70)(H2,65,69,71)(H,80,89,93)(H,81,90,94)(H3,66,76,78,91)(H3,67,77,79,92)/t26-,27?,28?,29?,30?,31?,32+,33+,34+,35+,36+,37+,38+,39+,40+,41+,46-,47?,58+,63-,120?,121?,122?,123?,124?,125?/m0/s1. The van der Waals surface area contributed by atoms with E-state index in [9.17, 15) is 63.2 Å². The monoisotopic (exact) mass is 2060 g/mol. The molecule has 0 aromatic carbocycles. The Morgan fingerprint density at radius 3 is 1.11 bits per heavy atom. The smallest absolute Gasteiger partial charge is 0.330 e. The Morgan fingerprint density at radius 1 is 0.427 bits per heavy atom. The molecule has 0 spiro atoms. The predicted octanol–water partition coefficient (Wildman–Crippen LogP) is -1.20. The summed E-state index contributed by atoms with van der Waals surface area (Å²) in [6, 6.07) is 0. The number of aliphatic hydroxyl groups is 1. The number of aryl methyl sites for hydroxylation is 2. The highest BCUT2D eigenvalue weighted by Gasteiger charge is 2.68. The lowest BCUT2D eigenvalue weighted by Crippen LogP contribution is -2.50. The van der Waals surface area contributed by atoms with Crippen LogP contribution in [-0.2, 0) is 158 Å². The first kappa shape index (κ1) is 95.9. The van der Waals surface area contributed by atoms with Gasteiger partial charge in [0.2, 0.25) is 11.9 Å². The van der Waals surface area contributed by atoms with Gasteiger partial charge in [-0.2, -0.15) is 9.97 Å². The SMILES string of the molecule is COP(O)(=S)OC1C[C@H](n2cc(C)c(=O)[nH]c2=O)O[C@@H]1COP(O)(=S)OC1C[C@H](n2cnc3c(=O)[nH]c(N)nc32)O[C@@H]1COP(O)(=S)OC1C[C@H](n2cc(C)c(=O)[nH]c2=O)O[C@@H]1COP(O)(=S)OC1C[C@H](n2cnc3c(=O)[nH]c(N)nc32)O[C@@H]1COP(O)(=S)OC1C[C@H](n2cnc3c(N)ncnc32)O[C@@H]1COP(O)(=S)OC1[C@@H]2O[C@@H](C)[C@]1(CO)O[C@H]2n1cnc2c(N)ncnc21. The van der Waals surface area contributed by atoms with E-state index < -0.39 is 236 Å². The number of aliphatic hydroxyl groups excluding tert-OH is 1. The first-order chi connectivity index (χ1) is 61.9. The van der Waals surface area contributed by atoms with Crippen molar-refractivity contribution in [2.24, 2.45) is 0 Å². The number of nitrogens with two attached hydrogens (primary N) is 4. The van der Waals surface area contributed by atoms with Crippen LogP contribution in [0.1, 0.15) is 87.5 Å². The van der Waals surface area contributed by atoms with E-state index in [1.165, 1.54) is 82.5 Å². The van der Waals surface area contributed by atoms with Crippen molar-refractivity contribution in [3.8, 4) is 0 Å². The maximum absolute atomic E-state index is 13.6. The van der Waals surface area contributed by atoms with E-state index in [1.54, 1.807) is 6.92 Å². The summed E-state index contributed by atoms with van der Waals surface area (Å²) < 4.78 is 124. The molecule has 17 rings (SSSR count). The number of fused-ring (bicyclic) bond motifs is 6. The molecule has 0 amide bonds. The predicted molar refractivity (Wildman–Crippen MR) is 469 cm³/mol. The van der Waals surface area contributed by atoms with Gasteiger partial charge < -0.3 is 140 Å². The quantitative estimate of drug-likeness (QED) is 0.0208. The van der Waals surface area contributed by atoms with Gasteiger partial charge >= 0.3 is 51.7 Å². The number of aromatic nitrogens is 20. The topological polar surface area (TPSA) is 745 Å². The zero-order valence-corrected chi connectivity index (χ0v) is 78.1. The van der Waals surface area contributed by atoms with Gasteiger partial charge in [0.25, 0.3) is 22.2 Å². The van der Waals surface area contributed by atoms with Gasteiger partial charge in [-0.15, -0.1) is 0 Å². The number of imidazole rings is 4. The van der Waals surface area contributed by atoms with Gasteiger partial charge in [-0.25, -0.2) is 49.5 Å². The van der Waals surface area contributed by atoms with Crippen LogP contribution in [0.3, 0.4) is 0 Å². The largest absolute Gasteiger partial charge is 0.393 e. The Bertz CT molecular complexity index is 6790. The Hall–Kier alpha value is -6.78. The van der Waals surface area contributed by atoms with Crippen LogP contribution in [0.15, 0.2) is 79.1 Å². The van der Waals surface area contributed by atoms with Gasteiger partial charge in [0.1, 0.15) is 103 Å². The fourth-order valence-electron chi connectivity index (χ4n) is 16.0. The molecule has 7 aliphatic heterocycles. The molecule has 12 unspecified atom stereocenters. The summed E-state index contributed by atoms with van der Waals surface area (Å²) in [5, 5.41) is 11.0. The van der Waals surface area contributed by atoms with Gasteiger partial charge in [-0.3, -0.25) is 71.0 Å². The molecular weight excluding hydrogens is 1980 g/mol. The minimum atomic E-state index is -4.73. The molecule has 26 atom stereocenters. The van der Waals surface area contributed by atoms with Gasteiger partial charge in [-0.1, -0.05) is 0 Å². The molecule has 19 N–H and O–H groups in total. The normalized spacial score (nSPS) is 30.8. The van der Waals surface area contributed by atoms with E-state index in [-0.39, 0.29) is 111 Å². The average Bonchev–Trinajstić information content (AvgIpc) is 1.54. The molecule has 131 heavy (non-hydrogen) atoms. The molecule has 7 saturated heterocycles. The molecule has 710 valence electrons. The minimum absolute atomic E-state index is 0.0274. The van der Waals surface area contributed by atoms with Gasteiger partial charge in [-0.05, 0) is 91.6 Å². The van der Waals surface area contributed by atoms with Crippen LogP contribution in [0.2, 0.25) is 0 Å². The van der Waals surface area contributed by atoms with E-state index in [4.69, 9.17) is 181 Å². The van der Waals surface area contributed by atoms with Crippen molar-refractivity contribution in [1.82, 2.24) is 97.2 Å². The molecule has 7 fully saturated rings. The third-order valence-corrected chi connectivity index (χ3v) is 31.8. The van der Waals surface area contributed by atoms with E-state index in [0.717, 1.165) is 16.2 Å². The maximum atomic E-state index is 13.6. The van der Waals surface area contributed by atoms with Crippen molar-refractivity contribution in [3.05, 3.63) is 124 Å². The van der Waals surface area contributed by atoms with Crippen molar-refractivity contribution < 1.29 is 122 Å². The highest BCUT2D eigenvalue weighted by molar-refractivity contribution is 8.08. The number of nitrogens with one attached hydrogen (secondary N) is 4. The first-order valence-corrected chi connectivity index (χ1v) is 54.5.